The van der Waals surface area contributed by atoms with Gasteiger partial charge in [0, 0.05) is 16.8 Å². The van der Waals surface area contributed by atoms with Crippen LogP contribution in [0.25, 0.3) is 22.4 Å². The number of aromatic nitrogens is 1. The van der Waals surface area contributed by atoms with Crippen molar-refractivity contribution in [3.63, 3.8) is 0 Å². The molecule has 0 unspecified atom stereocenters. The van der Waals surface area contributed by atoms with E-state index in [0.717, 1.165) is 39.2 Å². The number of aliphatic hydroxyl groups excluding tert-OH is 1. The molecule has 1 heterocycles. The van der Waals surface area contributed by atoms with Gasteiger partial charge < -0.3 is 5.11 Å². The van der Waals surface area contributed by atoms with Crippen LogP contribution in [-0.4, -0.2) is 30.9 Å². The predicted octanol–water partition coefficient (Wildman–Crippen LogP) is 3.78. The van der Waals surface area contributed by atoms with Crippen LogP contribution in [0.5, 0.6) is 0 Å². The molecule has 3 rings (SSSR count). The molecule has 0 atom stereocenters. The van der Waals surface area contributed by atoms with E-state index in [1.54, 1.807) is 24.3 Å². The molecule has 142 valence electrons. The average molecular weight is 391 g/mol. The second-order valence-electron chi connectivity index (χ2n) is 6.56. The minimum atomic E-state index is -3.49. The van der Waals surface area contributed by atoms with E-state index in [-0.39, 0.29) is 10.6 Å². The van der Waals surface area contributed by atoms with Crippen molar-refractivity contribution in [2.45, 2.75) is 18.7 Å². The van der Waals surface area contributed by atoms with E-state index in [1.807, 2.05) is 44.2 Å². The molecule has 1 N–H and O–H groups in total. The lowest BCUT2D eigenvalue weighted by molar-refractivity contribution is 0.319. The summed E-state index contributed by atoms with van der Waals surface area (Å²) in [4.78, 5) is 4.80. The van der Waals surface area contributed by atoms with E-state index in [1.165, 1.54) is 0 Å². The van der Waals surface area contributed by atoms with Crippen molar-refractivity contribution < 1.29 is 13.5 Å². The van der Waals surface area contributed by atoms with Crippen LogP contribution in [-0.2, 0) is 9.84 Å². The number of sulfone groups is 1. The Balaban J connectivity index is 2.14. The Bertz CT molecular complexity index is 1160. The van der Waals surface area contributed by atoms with E-state index in [2.05, 4.69) is 10.9 Å². The van der Waals surface area contributed by atoms with Gasteiger partial charge in [-0.3, -0.25) is 4.98 Å². The first-order chi connectivity index (χ1) is 13.4. The molecular weight excluding hydrogens is 370 g/mol. The number of benzene rings is 2. The first kappa shape index (κ1) is 19.8. The van der Waals surface area contributed by atoms with Gasteiger partial charge in [-0.15, -0.1) is 6.42 Å². The molecule has 5 heteroatoms. The smallest absolute Gasteiger partial charge is 0.180 e. The molecule has 0 aliphatic carbocycles. The lowest BCUT2D eigenvalue weighted by Crippen LogP contribution is -2.09. The topological polar surface area (TPSA) is 67.3 Å². The molecule has 0 radical (unpaired) electrons. The Morgan fingerprint density at radius 3 is 2.36 bits per heavy atom. The third kappa shape index (κ3) is 3.84. The second-order valence-corrected chi connectivity index (χ2v) is 8.66. The zero-order valence-corrected chi connectivity index (χ0v) is 16.6. The van der Waals surface area contributed by atoms with Crippen LogP contribution < -0.4 is 0 Å². The van der Waals surface area contributed by atoms with Crippen molar-refractivity contribution >= 4 is 9.84 Å². The molecule has 0 aliphatic heterocycles. The number of terminal acetylenes is 1. The fraction of sp³-hybridized carbons (Fsp3) is 0.174. The molecular formula is C23H21NO3S. The van der Waals surface area contributed by atoms with Crippen molar-refractivity contribution in [3.05, 3.63) is 71.4 Å². The third-order valence-corrected chi connectivity index (χ3v) is 6.30. The summed E-state index contributed by atoms with van der Waals surface area (Å²) in [5.41, 5.74) is 6.04. The van der Waals surface area contributed by atoms with Gasteiger partial charge in [0.25, 0.3) is 0 Å². The number of pyridine rings is 1. The molecule has 0 amide bonds. The van der Waals surface area contributed by atoms with Crippen molar-refractivity contribution in [1.82, 2.24) is 4.98 Å². The molecule has 0 fully saturated rings. The van der Waals surface area contributed by atoms with Gasteiger partial charge in [0.2, 0.25) is 0 Å². The van der Waals surface area contributed by atoms with Gasteiger partial charge >= 0.3 is 0 Å². The lowest BCUT2D eigenvalue weighted by Gasteiger charge is -2.14. The molecule has 0 aliphatic rings. The van der Waals surface area contributed by atoms with Crippen LogP contribution in [0, 0.1) is 26.2 Å². The summed E-state index contributed by atoms with van der Waals surface area (Å²) in [6, 6.07) is 16.3. The summed E-state index contributed by atoms with van der Waals surface area (Å²) in [6.07, 6.45) is 5.87. The Hall–Kier alpha value is -2.94. The van der Waals surface area contributed by atoms with Crippen LogP contribution in [0.1, 0.15) is 16.8 Å². The molecule has 1 aromatic heterocycles. The lowest BCUT2D eigenvalue weighted by atomic mass is 9.91. The second kappa shape index (κ2) is 7.97. The number of nitrogens with zero attached hydrogens (tertiary/aromatic N) is 1. The molecule has 0 saturated carbocycles. The average Bonchev–Trinajstić information content (AvgIpc) is 2.67. The van der Waals surface area contributed by atoms with E-state index in [4.69, 9.17) is 11.5 Å². The van der Waals surface area contributed by atoms with E-state index < -0.39 is 16.4 Å². The van der Waals surface area contributed by atoms with Gasteiger partial charge in [-0.05, 0) is 54.8 Å². The van der Waals surface area contributed by atoms with Gasteiger partial charge in [0.1, 0.15) is 0 Å². The number of aryl methyl sites for hydroxylation is 2. The van der Waals surface area contributed by atoms with Crippen molar-refractivity contribution in [3.8, 4) is 34.7 Å². The minimum Gasteiger partial charge on any atom is -0.395 e. The van der Waals surface area contributed by atoms with Crippen molar-refractivity contribution in [2.24, 2.45) is 0 Å². The molecule has 4 nitrogen and oxygen atoms in total. The fourth-order valence-electron chi connectivity index (χ4n) is 3.19. The maximum absolute atomic E-state index is 12.1. The Morgan fingerprint density at radius 2 is 1.75 bits per heavy atom. The summed E-state index contributed by atoms with van der Waals surface area (Å²) in [6.45, 7) is 3.52. The number of rotatable bonds is 5. The SMILES string of the molecule is C#Cc1c(-c2ccc(S(=O)(=O)CCO)cc2)ccc(C)c1-c1cccc(C)n1. The van der Waals surface area contributed by atoms with Crippen LogP contribution in [0.2, 0.25) is 0 Å². The third-order valence-electron chi connectivity index (χ3n) is 4.59. The Morgan fingerprint density at radius 1 is 1.04 bits per heavy atom. The predicted molar refractivity (Wildman–Crippen MR) is 112 cm³/mol. The maximum atomic E-state index is 12.1. The molecule has 28 heavy (non-hydrogen) atoms. The zero-order valence-electron chi connectivity index (χ0n) is 15.8. The number of hydrogen-bond donors (Lipinski definition) is 1. The molecule has 0 saturated heterocycles. The van der Waals surface area contributed by atoms with Crippen LogP contribution in [0.3, 0.4) is 0 Å². The van der Waals surface area contributed by atoms with E-state index >= 15 is 0 Å². The van der Waals surface area contributed by atoms with Crippen LogP contribution in [0.4, 0.5) is 0 Å². The highest BCUT2D eigenvalue weighted by Gasteiger charge is 2.16. The zero-order chi connectivity index (χ0) is 20.3. The van der Waals surface area contributed by atoms with Gasteiger partial charge in [0.15, 0.2) is 9.84 Å². The standard InChI is InChI=1S/C23H21NO3S/c1-4-20-21(18-9-11-19(12-10-18)28(26,27)15-14-25)13-8-16(2)23(20)22-7-5-6-17(3)24-22/h1,5-13,25H,14-15H2,2-3H3. The van der Waals surface area contributed by atoms with Gasteiger partial charge in [-0.1, -0.05) is 36.3 Å². The summed E-state index contributed by atoms with van der Waals surface area (Å²) in [5, 5.41) is 8.94. The monoisotopic (exact) mass is 391 g/mol. The number of aliphatic hydroxyl groups is 1. The Kier molecular flexibility index (Phi) is 5.64. The summed E-state index contributed by atoms with van der Waals surface area (Å²) < 4.78 is 24.2. The van der Waals surface area contributed by atoms with Gasteiger partial charge in [0.05, 0.1) is 22.9 Å². The van der Waals surface area contributed by atoms with Gasteiger partial charge in [-0.2, -0.15) is 0 Å². The van der Waals surface area contributed by atoms with Crippen molar-refractivity contribution in [1.29, 1.82) is 0 Å². The highest BCUT2D eigenvalue weighted by molar-refractivity contribution is 7.91. The molecule has 2 aromatic carbocycles. The molecule has 0 spiro atoms. The summed E-state index contributed by atoms with van der Waals surface area (Å²) >= 11 is 0. The normalized spacial score (nSPS) is 11.2. The summed E-state index contributed by atoms with van der Waals surface area (Å²) in [7, 11) is -3.49. The molecule has 3 aromatic rings. The maximum Gasteiger partial charge on any atom is 0.180 e. The van der Waals surface area contributed by atoms with Crippen LogP contribution in [0.15, 0.2) is 59.5 Å². The summed E-state index contributed by atoms with van der Waals surface area (Å²) in [5.74, 6) is 2.50. The van der Waals surface area contributed by atoms with Crippen LogP contribution >= 0.6 is 0 Å². The van der Waals surface area contributed by atoms with E-state index in [0.29, 0.717) is 0 Å². The molecule has 0 bridgehead atoms. The number of hydrogen-bond acceptors (Lipinski definition) is 4. The van der Waals surface area contributed by atoms with E-state index in [9.17, 15) is 8.42 Å². The first-order valence-corrected chi connectivity index (χ1v) is 10.5. The largest absolute Gasteiger partial charge is 0.395 e. The first-order valence-electron chi connectivity index (χ1n) is 8.85. The minimum absolute atomic E-state index is 0.181. The highest BCUT2D eigenvalue weighted by atomic mass is 32.2. The van der Waals surface area contributed by atoms with Crippen molar-refractivity contribution in [2.75, 3.05) is 12.4 Å². The Labute approximate surface area is 165 Å². The highest BCUT2D eigenvalue weighted by Crippen LogP contribution is 2.34. The fourth-order valence-corrected chi connectivity index (χ4v) is 4.22. The quantitative estimate of drug-likeness (QED) is 0.672. The van der Waals surface area contributed by atoms with Gasteiger partial charge in [-0.25, -0.2) is 8.42 Å².